The van der Waals surface area contributed by atoms with Crippen LogP contribution in [0, 0.1) is 11.7 Å². The van der Waals surface area contributed by atoms with Crippen molar-refractivity contribution in [3.63, 3.8) is 0 Å². The van der Waals surface area contributed by atoms with E-state index in [0.717, 1.165) is 12.1 Å². The average Bonchev–Trinajstić information content (AvgIpc) is 2.37. The first-order chi connectivity index (χ1) is 8.86. The second-order valence-corrected chi connectivity index (χ2v) is 6.55. The van der Waals surface area contributed by atoms with Gasteiger partial charge in [0.15, 0.2) is 0 Å². The van der Waals surface area contributed by atoms with Gasteiger partial charge in [-0.3, -0.25) is 0 Å². The molecule has 1 atom stereocenters. The lowest BCUT2D eigenvalue weighted by Gasteiger charge is -2.10. The number of hydrogen-bond donors (Lipinski definition) is 2. The molecule has 1 aromatic carbocycles. The molecule has 1 aromatic rings. The first-order valence-electron chi connectivity index (χ1n) is 5.92. The molecule has 0 bridgehead atoms. The van der Waals surface area contributed by atoms with Crippen LogP contribution in [0.4, 0.5) is 4.39 Å². The third-order valence-corrected chi connectivity index (χ3v) is 4.60. The van der Waals surface area contributed by atoms with E-state index in [1.165, 1.54) is 6.07 Å². The van der Waals surface area contributed by atoms with Crippen molar-refractivity contribution in [2.45, 2.75) is 24.7 Å². The normalized spacial score (nSPS) is 13.5. The molecular formula is C12H17ClFNO3S. The lowest BCUT2D eigenvalue weighted by molar-refractivity contribution is 0.228. The van der Waals surface area contributed by atoms with Crippen LogP contribution < -0.4 is 4.72 Å². The second-order valence-electron chi connectivity index (χ2n) is 4.40. The maximum absolute atomic E-state index is 13.0. The Morgan fingerprint density at radius 3 is 2.79 bits per heavy atom. The van der Waals surface area contributed by atoms with Crippen molar-refractivity contribution < 1.29 is 17.9 Å². The zero-order valence-electron chi connectivity index (χ0n) is 10.6. The van der Waals surface area contributed by atoms with Gasteiger partial charge in [-0.05, 0) is 37.0 Å². The molecule has 0 radical (unpaired) electrons. The monoisotopic (exact) mass is 309 g/mol. The Morgan fingerprint density at radius 1 is 1.47 bits per heavy atom. The summed E-state index contributed by atoms with van der Waals surface area (Å²) in [6, 6.07) is 3.20. The average molecular weight is 310 g/mol. The molecule has 0 spiro atoms. The van der Waals surface area contributed by atoms with Gasteiger partial charge in [-0.2, -0.15) is 0 Å². The van der Waals surface area contributed by atoms with Crippen LogP contribution in [0.25, 0.3) is 0 Å². The minimum absolute atomic E-state index is 0.0161. The quantitative estimate of drug-likeness (QED) is 0.759. The minimum Gasteiger partial charge on any atom is -0.396 e. The van der Waals surface area contributed by atoms with Crippen molar-refractivity contribution in [1.29, 1.82) is 0 Å². The van der Waals surface area contributed by atoms with Crippen LogP contribution in [0.2, 0.25) is 5.02 Å². The van der Waals surface area contributed by atoms with Crippen molar-refractivity contribution in [1.82, 2.24) is 4.72 Å². The molecule has 0 aliphatic carbocycles. The highest BCUT2D eigenvalue weighted by molar-refractivity contribution is 7.89. The Labute approximate surface area is 117 Å². The van der Waals surface area contributed by atoms with Gasteiger partial charge < -0.3 is 5.11 Å². The van der Waals surface area contributed by atoms with Crippen molar-refractivity contribution in [3.05, 3.63) is 29.0 Å². The summed E-state index contributed by atoms with van der Waals surface area (Å²) in [5.74, 6) is -0.527. The zero-order chi connectivity index (χ0) is 14.5. The Bertz CT molecular complexity index is 522. The first-order valence-corrected chi connectivity index (χ1v) is 7.78. The van der Waals surface area contributed by atoms with Crippen LogP contribution in [-0.4, -0.2) is 26.7 Å². The van der Waals surface area contributed by atoms with E-state index in [2.05, 4.69) is 4.72 Å². The maximum atomic E-state index is 13.0. The van der Waals surface area contributed by atoms with Gasteiger partial charge in [0.2, 0.25) is 10.0 Å². The van der Waals surface area contributed by atoms with Crippen LogP contribution in [0.5, 0.6) is 0 Å². The van der Waals surface area contributed by atoms with E-state index in [1.807, 2.05) is 6.92 Å². The molecule has 4 nitrogen and oxygen atoms in total. The highest BCUT2D eigenvalue weighted by Crippen LogP contribution is 2.21. The van der Waals surface area contributed by atoms with Crippen molar-refractivity contribution in [2.24, 2.45) is 5.92 Å². The highest BCUT2D eigenvalue weighted by atomic mass is 35.5. The molecule has 0 saturated carbocycles. The highest BCUT2D eigenvalue weighted by Gasteiger charge is 2.18. The molecule has 0 amide bonds. The Hall–Kier alpha value is -0.690. The van der Waals surface area contributed by atoms with E-state index in [-0.39, 0.29) is 29.0 Å². The number of hydrogen-bond acceptors (Lipinski definition) is 3. The van der Waals surface area contributed by atoms with Crippen molar-refractivity contribution in [3.8, 4) is 0 Å². The summed E-state index contributed by atoms with van der Waals surface area (Å²) in [5, 5.41) is 8.83. The van der Waals surface area contributed by atoms with Gasteiger partial charge in [0.25, 0.3) is 0 Å². The van der Waals surface area contributed by atoms with Gasteiger partial charge in [0, 0.05) is 13.2 Å². The smallest absolute Gasteiger partial charge is 0.242 e. The molecule has 1 unspecified atom stereocenters. The summed E-state index contributed by atoms with van der Waals surface area (Å²) < 4.78 is 39.2. The SMILES string of the molecule is CC(CO)CCCNS(=O)(=O)c1cc(F)ccc1Cl. The van der Waals surface area contributed by atoms with E-state index in [1.54, 1.807) is 0 Å². The summed E-state index contributed by atoms with van der Waals surface area (Å²) in [6.45, 7) is 2.17. The van der Waals surface area contributed by atoms with Crippen LogP contribution in [-0.2, 0) is 10.0 Å². The predicted molar refractivity (Wildman–Crippen MR) is 72.1 cm³/mol. The fourth-order valence-electron chi connectivity index (χ4n) is 1.51. The van der Waals surface area contributed by atoms with E-state index < -0.39 is 15.8 Å². The molecular weight excluding hydrogens is 293 g/mol. The molecule has 0 aliphatic heterocycles. The Kier molecular flexibility index (Phi) is 6.19. The standard InChI is InChI=1S/C12H17ClFNO3S/c1-9(8-16)3-2-6-15-19(17,18)12-7-10(14)4-5-11(12)13/h4-5,7,9,15-16H,2-3,6,8H2,1H3. The van der Waals surface area contributed by atoms with E-state index in [4.69, 9.17) is 16.7 Å². The fourth-order valence-corrected chi connectivity index (χ4v) is 3.09. The summed E-state index contributed by atoms with van der Waals surface area (Å²) in [7, 11) is -3.80. The minimum atomic E-state index is -3.80. The number of rotatable bonds is 7. The second kappa shape index (κ2) is 7.19. The molecule has 2 N–H and O–H groups in total. The third-order valence-electron chi connectivity index (χ3n) is 2.66. The summed E-state index contributed by atoms with van der Waals surface area (Å²) in [4.78, 5) is -0.260. The van der Waals surface area contributed by atoms with Crippen molar-refractivity contribution in [2.75, 3.05) is 13.2 Å². The number of aliphatic hydroxyl groups excluding tert-OH is 1. The fraction of sp³-hybridized carbons (Fsp3) is 0.500. The van der Waals surface area contributed by atoms with Gasteiger partial charge in [0.1, 0.15) is 10.7 Å². The molecule has 0 aromatic heterocycles. The summed E-state index contributed by atoms with van der Waals surface area (Å²) in [5.41, 5.74) is 0. The largest absolute Gasteiger partial charge is 0.396 e. The first kappa shape index (κ1) is 16.4. The van der Waals surface area contributed by atoms with Crippen LogP contribution >= 0.6 is 11.6 Å². The van der Waals surface area contributed by atoms with Crippen LogP contribution in [0.15, 0.2) is 23.1 Å². The molecule has 108 valence electrons. The lowest BCUT2D eigenvalue weighted by atomic mass is 10.1. The zero-order valence-corrected chi connectivity index (χ0v) is 12.1. The molecule has 1 rings (SSSR count). The molecule has 19 heavy (non-hydrogen) atoms. The lowest BCUT2D eigenvalue weighted by Crippen LogP contribution is -2.25. The Balaban J connectivity index is 2.64. The molecule has 0 saturated heterocycles. The number of sulfonamides is 1. The molecule has 0 aliphatic rings. The summed E-state index contributed by atoms with van der Waals surface area (Å²) in [6.07, 6.45) is 1.30. The van der Waals surface area contributed by atoms with Crippen molar-refractivity contribution >= 4 is 21.6 Å². The number of aliphatic hydroxyl groups is 1. The third kappa shape index (κ3) is 5.06. The number of nitrogens with one attached hydrogen (secondary N) is 1. The van der Waals surface area contributed by atoms with Gasteiger partial charge in [-0.1, -0.05) is 18.5 Å². The number of benzene rings is 1. The maximum Gasteiger partial charge on any atom is 0.242 e. The Morgan fingerprint density at radius 2 is 2.16 bits per heavy atom. The molecule has 7 heteroatoms. The van der Waals surface area contributed by atoms with Gasteiger partial charge in [-0.25, -0.2) is 17.5 Å². The summed E-state index contributed by atoms with van der Waals surface area (Å²) >= 11 is 5.75. The molecule has 0 fully saturated rings. The predicted octanol–water partition coefficient (Wildman–Crippen LogP) is 2.17. The van der Waals surface area contributed by atoms with E-state index in [0.29, 0.717) is 12.8 Å². The van der Waals surface area contributed by atoms with Gasteiger partial charge in [0.05, 0.1) is 5.02 Å². The topological polar surface area (TPSA) is 66.4 Å². The molecule has 0 heterocycles. The van der Waals surface area contributed by atoms with Gasteiger partial charge >= 0.3 is 0 Å². The van der Waals surface area contributed by atoms with E-state index in [9.17, 15) is 12.8 Å². The number of halogens is 2. The van der Waals surface area contributed by atoms with Crippen LogP contribution in [0.1, 0.15) is 19.8 Å². The van der Waals surface area contributed by atoms with Gasteiger partial charge in [-0.15, -0.1) is 0 Å². The van der Waals surface area contributed by atoms with Crippen LogP contribution in [0.3, 0.4) is 0 Å². The van der Waals surface area contributed by atoms with E-state index >= 15 is 0 Å².